The predicted octanol–water partition coefficient (Wildman–Crippen LogP) is 3.15. The van der Waals surface area contributed by atoms with E-state index in [0.29, 0.717) is 13.0 Å². The number of rotatable bonds is 7. The van der Waals surface area contributed by atoms with E-state index in [1.807, 2.05) is 23.1 Å². The Hall–Kier alpha value is -2.08. The molecule has 0 aliphatic carbocycles. The normalized spacial score (nSPS) is 14.4. The molecule has 0 atom stereocenters. The molecule has 126 valence electrons. The van der Waals surface area contributed by atoms with Gasteiger partial charge in [0.05, 0.1) is 0 Å². The highest BCUT2D eigenvalue weighted by molar-refractivity contribution is 7.99. The fourth-order valence-corrected chi connectivity index (χ4v) is 3.78. The van der Waals surface area contributed by atoms with Crippen LogP contribution >= 0.6 is 11.8 Å². The zero-order chi connectivity index (χ0) is 16.9. The van der Waals surface area contributed by atoms with Crippen molar-refractivity contribution in [2.45, 2.75) is 31.5 Å². The number of likely N-dealkylation sites (tertiary alicyclic amines) is 1. The zero-order valence-corrected chi connectivity index (χ0v) is 14.8. The first-order valence-electron chi connectivity index (χ1n) is 8.21. The summed E-state index contributed by atoms with van der Waals surface area (Å²) in [7, 11) is 0. The molecule has 5 nitrogen and oxygen atoms in total. The fourth-order valence-electron chi connectivity index (χ4n) is 2.87. The van der Waals surface area contributed by atoms with Crippen LogP contribution in [-0.2, 0) is 11.3 Å². The highest BCUT2D eigenvalue weighted by atomic mass is 32.2. The monoisotopic (exact) mass is 342 g/mol. The van der Waals surface area contributed by atoms with Crippen LogP contribution < -0.4 is 0 Å². The Morgan fingerprint density at radius 2 is 2.25 bits per heavy atom. The van der Waals surface area contributed by atoms with Gasteiger partial charge in [0.15, 0.2) is 11.0 Å². The van der Waals surface area contributed by atoms with Gasteiger partial charge in [0.2, 0.25) is 5.91 Å². The van der Waals surface area contributed by atoms with Crippen LogP contribution in [0, 0.1) is 6.92 Å². The van der Waals surface area contributed by atoms with Crippen molar-refractivity contribution >= 4 is 17.7 Å². The van der Waals surface area contributed by atoms with Gasteiger partial charge in [0.25, 0.3) is 0 Å². The summed E-state index contributed by atoms with van der Waals surface area (Å²) in [4.78, 5) is 13.6. The number of amides is 1. The maximum absolute atomic E-state index is 11.7. The predicted molar refractivity (Wildman–Crippen MR) is 96.9 cm³/mol. The molecular formula is C18H22N4OS. The summed E-state index contributed by atoms with van der Waals surface area (Å²) in [6.07, 6.45) is 3.53. The molecule has 1 aliphatic rings. The molecule has 0 bridgehead atoms. The van der Waals surface area contributed by atoms with Gasteiger partial charge in [-0.3, -0.25) is 9.36 Å². The summed E-state index contributed by atoms with van der Waals surface area (Å²) in [6.45, 7) is 8.23. The van der Waals surface area contributed by atoms with Gasteiger partial charge in [-0.2, -0.15) is 0 Å². The molecule has 0 unspecified atom stereocenters. The quantitative estimate of drug-likeness (QED) is 0.573. The largest absolute Gasteiger partial charge is 0.342 e. The van der Waals surface area contributed by atoms with Gasteiger partial charge in [-0.25, -0.2) is 0 Å². The molecule has 2 aromatic rings. The maximum atomic E-state index is 11.7. The summed E-state index contributed by atoms with van der Waals surface area (Å²) in [6, 6.07) is 8.26. The Kier molecular flexibility index (Phi) is 5.35. The molecule has 1 aliphatic heterocycles. The van der Waals surface area contributed by atoms with Gasteiger partial charge < -0.3 is 4.90 Å². The van der Waals surface area contributed by atoms with Crippen molar-refractivity contribution in [3.8, 4) is 11.4 Å². The van der Waals surface area contributed by atoms with Crippen molar-refractivity contribution in [1.82, 2.24) is 19.7 Å². The van der Waals surface area contributed by atoms with Crippen LogP contribution in [0.25, 0.3) is 11.4 Å². The summed E-state index contributed by atoms with van der Waals surface area (Å²) in [5.74, 6) is 1.96. The number of allylic oxidation sites excluding steroid dienone is 1. The molecule has 0 saturated carbocycles. The highest BCUT2D eigenvalue weighted by Gasteiger charge is 2.20. The van der Waals surface area contributed by atoms with E-state index in [4.69, 9.17) is 0 Å². The Morgan fingerprint density at radius 3 is 2.96 bits per heavy atom. The summed E-state index contributed by atoms with van der Waals surface area (Å²) >= 11 is 1.64. The first kappa shape index (κ1) is 16.8. The second-order valence-electron chi connectivity index (χ2n) is 5.91. The molecule has 6 heteroatoms. The van der Waals surface area contributed by atoms with Gasteiger partial charge in [0, 0.05) is 37.4 Å². The molecule has 1 fully saturated rings. The lowest BCUT2D eigenvalue weighted by Crippen LogP contribution is -2.27. The van der Waals surface area contributed by atoms with Crippen molar-refractivity contribution in [3.63, 3.8) is 0 Å². The molecule has 1 saturated heterocycles. The minimum Gasteiger partial charge on any atom is -0.342 e. The van der Waals surface area contributed by atoms with E-state index in [1.165, 1.54) is 5.56 Å². The average Bonchev–Trinajstić information content (AvgIpc) is 3.15. The average molecular weight is 342 g/mol. The molecule has 0 spiro atoms. The molecule has 1 aromatic carbocycles. The number of aromatic nitrogens is 3. The highest BCUT2D eigenvalue weighted by Crippen LogP contribution is 2.25. The van der Waals surface area contributed by atoms with E-state index in [0.717, 1.165) is 41.8 Å². The Morgan fingerprint density at radius 1 is 1.38 bits per heavy atom. The second kappa shape index (κ2) is 7.66. The van der Waals surface area contributed by atoms with Crippen LogP contribution in [0.4, 0.5) is 0 Å². The number of thioether (sulfide) groups is 1. The first-order chi connectivity index (χ1) is 11.7. The summed E-state index contributed by atoms with van der Waals surface area (Å²) in [5.41, 5.74) is 2.26. The van der Waals surface area contributed by atoms with Gasteiger partial charge in [0.1, 0.15) is 0 Å². The van der Waals surface area contributed by atoms with Gasteiger partial charge in [-0.15, -0.1) is 16.8 Å². The van der Waals surface area contributed by atoms with Gasteiger partial charge >= 0.3 is 0 Å². The SMILES string of the molecule is C=CCn1c(SCCN2CCCC2=O)nnc1-c1cccc(C)c1. The first-order valence-corrected chi connectivity index (χ1v) is 9.19. The lowest BCUT2D eigenvalue weighted by Gasteiger charge is -2.14. The molecule has 0 radical (unpaired) electrons. The zero-order valence-electron chi connectivity index (χ0n) is 13.9. The van der Waals surface area contributed by atoms with Crippen molar-refractivity contribution in [2.75, 3.05) is 18.8 Å². The lowest BCUT2D eigenvalue weighted by molar-refractivity contribution is -0.127. The Bertz CT molecular complexity index is 740. The molecule has 0 N–H and O–H groups in total. The number of aryl methyl sites for hydroxylation is 1. The topological polar surface area (TPSA) is 51.0 Å². The van der Waals surface area contributed by atoms with E-state index < -0.39 is 0 Å². The molecule has 1 amide bonds. The third-order valence-corrected chi connectivity index (χ3v) is 5.02. The summed E-state index contributed by atoms with van der Waals surface area (Å²) in [5, 5.41) is 9.60. The summed E-state index contributed by atoms with van der Waals surface area (Å²) < 4.78 is 2.08. The van der Waals surface area contributed by atoms with Crippen LogP contribution in [0.2, 0.25) is 0 Å². The van der Waals surface area contributed by atoms with Gasteiger partial charge in [-0.1, -0.05) is 41.6 Å². The van der Waals surface area contributed by atoms with Crippen molar-refractivity contribution < 1.29 is 4.79 Å². The van der Waals surface area contributed by atoms with E-state index in [1.54, 1.807) is 11.8 Å². The van der Waals surface area contributed by atoms with E-state index in [2.05, 4.69) is 40.4 Å². The smallest absolute Gasteiger partial charge is 0.222 e. The number of benzene rings is 1. The molecule has 24 heavy (non-hydrogen) atoms. The third-order valence-electron chi connectivity index (χ3n) is 4.07. The van der Waals surface area contributed by atoms with Crippen LogP contribution in [0.5, 0.6) is 0 Å². The third kappa shape index (κ3) is 3.70. The molecule has 3 rings (SSSR count). The van der Waals surface area contributed by atoms with Crippen LogP contribution in [-0.4, -0.2) is 44.4 Å². The van der Waals surface area contributed by atoms with Crippen LogP contribution in [0.1, 0.15) is 18.4 Å². The van der Waals surface area contributed by atoms with Crippen LogP contribution in [0.3, 0.4) is 0 Å². The van der Waals surface area contributed by atoms with E-state index in [9.17, 15) is 4.79 Å². The second-order valence-corrected chi connectivity index (χ2v) is 6.97. The standard InChI is InChI=1S/C18H22N4OS/c1-3-9-22-17(15-7-4-6-14(2)13-15)19-20-18(22)24-12-11-21-10-5-8-16(21)23/h3-4,6-7,13H,1,5,8-12H2,2H3. The van der Waals surface area contributed by atoms with Crippen molar-refractivity contribution in [2.24, 2.45) is 0 Å². The van der Waals surface area contributed by atoms with Crippen molar-refractivity contribution in [3.05, 3.63) is 42.5 Å². The van der Waals surface area contributed by atoms with Gasteiger partial charge in [-0.05, 0) is 19.4 Å². The molecule has 1 aromatic heterocycles. The minimum absolute atomic E-state index is 0.267. The minimum atomic E-state index is 0.267. The molecule has 2 heterocycles. The lowest BCUT2D eigenvalue weighted by atomic mass is 10.1. The number of carbonyl (C=O) groups excluding carboxylic acids is 1. The van der Waals surface area contributed by atoms with E-state index in [-0.39, 0.29) is 5.91 Å². The van der Waals surface area contributed by atoms with E-state index >= 15 is 0 Å². The van der Waals surface area contributed by atoms with Crippen LogP contribution in [0.15, 0.2) is 42.1 Å². The van der Waals surface area contributed by atoms with Crippen molar-refractivity contribution in [1.29, 1.82) is 0 Å². The Balaban J connectivity index is 1.73. The number of nitrogens with zero attached hydrogens (tertiary/aromatic N) is 4. The maximum Gasteiger partial charge on any atom is 0.222 e. The fraction of sp³-hybridized carbons (Fsp3) is 0.389. The molecular weight excluding hydrogens is 320 g/mol. The number of hydrogen-bond donors (Lipinski definition) is 0. The Labute approximate surface area is 146 Å². The number of carbonyl (C=O) groups is 1. The number of hydrogen-bond acceptors (Lipinski definition) is 4.